The van der Waals surface area contributed by atoms with Gasteiger partial charge in [0.2, 0.25) is 0 Å². The van der Waals surface area contributed by atoms with Gasteiger partial charge in [0.1, 0.15) is 5.75 Å². The molecule has 4 rings (SSSR count). The number of hydrogen-bond acceptors (Lipinski definition) is 4. The quantitative estimate of drug-likeness (QED) is 0.621. The third-order valence-electron chi connectivity index (χ3n) is 4.58. The molecule has 3 N–H and O–H groups in total. The van der Waals surface area contributed by atoms with E-state index < -0.39 is 5.91 Å². The number of aromatic nitrogens is 1. The predicted molar refractivity (Wildman–Crippen MR) is 96.8 cm³/mol. The summed E-state index contributed by atoms with van der Waals surface area (Å²) in [5.41, 5.74) is 8.15. The van der Waals surface area contributed by atoms with Crippen LogP contribution in [0.2, 0.25) is 0 Å². The number of hydrogen-bond donors (Lipinski definition) is 3. The number of pyridine rings is 1. The van der Waals surface area contributed by atoms with Gasteiger partial charge >= 0.3 is 0 Å². The first-order valence-electron chi connectivity index (χ1n) is 8.44. The first-order valence-corrected chi connectivity index (χ1v) is 8.44. The van der Waals surface area contributed by atoms with Crippen LogP contribution < -0.4 is 10.9 Å². The highest BCUT2D eigenvalue weighted by atomic mass is 16.3. The summed E-state index contributed by atoms with van der Waals surface area (Å²) in [4.78, 5) is 29.7. The summed E-state index contributed by atoms with van der Waals surface area (Å²) in [6.45, 7) is 0. The number of aryl methyl sites for hydroxylation is 1. The van der Waals surface area contributed by atoms with E-state index in [2.05, 4.69) is 15.8 Å². The topological polar surface area (TPSA) is 91.3 Å². The van der Waals surface area contributed by atoms with Crippen LogP contribution in [-0.2, 0) is 12.8 Å². The molecule has 2 aromatic carbocycles. The Morgan fingerprint density at radius 2 is 1.65 bits per heavy atom. The summed E-state index contributed by atoms with van der Waals surface area (Å²) in [7, 11) is 0. The van der Waals surface area contributed by atoms with E-state index in [0.717, 1.165) is 41.4 Å². The number of nitrogens with zero attached hydrogens (tertiary/aromatic N) is 1. The Morgan fingerprint density at radius 1 is 0.923 bits per heavy atom. The zero-order valence-corrected chi connectivity index (χ0v) is 14.0. The zero-order chi connectivity index (χ0) is 18.1. The summed E-state index contributed by atoms with van der Waals surface area (Å²) < 4.78 is 0. The smallest absolute Gasteiger partial charge is 0.273 e. The molecule has 0 bridgehead atoms. The second-order valence-electron chi connectivity index (χ2n) is 6.21. The number of phenols is 1. The van der Waals surface area contributed by atoms with Gasteiger partial charge in [-0.25, -0.2) is 0 Å². The number of phenolic OH excluding ortho intramolecular Hbond substituents is 1. The highest BCUT2D eigenvalue weighted by Crippen LogP contribution is 2.29. The molecular weight excluding hydrogens is 330 g/mol. The van der Waals surface area contributed by atoms with E-state index in [9.17, 15) is 14.7 Å². The lowest BCUT2D eigenvalue weighted by atomic mass is 10.0. The molecule has 26 heavy (non-hydrogen) atoms. The van der Waals surface area contributed by atoms with Crippen LogP contribution in [0.5, 0.6) is 5.75 Å². The first-order chi connectivity index (χ1) is 12.6. The minimum Gasteiger partial charge on any atom is -0.507 e. The molecule has 1 heterocycles. The molecule has 3 aromatic rings. The van der Waals surface area contributed by atoms with Gasteiger partial charge < -0.3 is 5.11 Å². The fraction of sp³-hybridized carbons (Fsp3) is 0.150. The SMILES string of the molecule is O=C(NNC(=O)c1c2c(nc3ccccc13)CCC2)c1ccccc1O. The van der Waals surface area contributed by atoms with Gasteiger partial charge in [0, 0.05) is 11.1 Å². The van der Waals surface area contributed by atoms with Crippen LogP contribution in [-0.4, -0.2) is 21.9 Å². The van der Waals surface area contributed by atoms with Crippen molar-refractivity contribution in [3.8, 4) is 5.75 Å². The van der Waals surface area contributed by atoms with Gasteiger partial charge in [-0.1, -0.05) is 30.3 Å². The molecule has 6 heteroatoms. The lowest BCUT2D eigenvalue weighted by molar-refractivity contribution is 0.0845. The van der Waals surface area contributed by atoms with Crippen molar-refractivity contribution in [2.75, 3.05) is 0 Å². The first kappa shape index (κ1) is 16.1. The molecule has 0 atom stereocenters. The Kier molecular flexibility index (Phi) is 4.01. The number of carbonyl (C=O) groups is 2. The third-order valence-corrected chi connectivity index (χ3v) is 4.58. The molecule has 0 unspecified atom stereocenters. The van der Waals surface area contributed by atoms with Crippen LogP contribution in [0.15, 0.2) is 48.5 Å². The second-order valence-corrected chi connectivity index (χ2v) is 6.21. The molecule has 1 aliphatic carbocycles. The molecule has 2 amide bonds. The number of benzene rings is 2. The summed E-state index contributed by atoms with van der Waals surface area (Å²) in [6, 6.07) is 13.7. The van der Waals surface area contributed by atoms with Gasteiger partial charge in [-0.05, 0) is 43.0 Å². The number of amides is 2. The molecule has 0 radical (unpaired) electrons. The summed E-state index contributed by atoms with van der Waals surface area (Å²) >= 11 is 0. The minimum absolute atomic E-state index is 0.0950. The molecule has 0 saturated carbocycles. The van der Waals surface area contributed by atoms with Crippen molar-refractivity contribution in [2.24, 2.45) is 0 Å². The molecule has 0 spiro atoms. The number of aromatic hydroxyl groups is 1. The van der Waals surface area contributed by atoms with Crippen LogP contribution >= 0.6 is 0 Å². The van der Waals surface area contributed by atoms with E-state index in [4.69, 9.17) is 0 Å². The molecule has 0 fully saturated rings. The van der Waals surface area contributed by atoms with Crippen LogP contribution in [0.4, 0.5) is 0 Å². The van der Waals surface area contributed by atoms with Crippen molar-refractivity contribution in [1.82, 2.24) is 15.8 Å². The Bertz CT molecular complexity index is 1030. The summed E-state index contributed by atoms with van der Waals surface area (Å²) in [5, 5.41) is 10.5. The van der Waals surface area contributed by atoms with Crippen molar-refractivity contribution in [3.63, 3.8) is 0 Å². The van der Waals surface area contributed by atoms with Crippen LogP contribution in [0.25, 0.3) is 10.9 Å². The normalized spacial score (nSPS) is 12.6. The highest BCUT2D eigenvalue weighted by molar-refractivity contribution is 6.09. The maximum atomic E-state index is 12.8. The van der Waals surface area contributed by atoms with Gasteiger partial charge in [-0.3, -0.25) is 25.4 Å². The highest BCUT2D eigenvalue weighted by Gasteiger charge is 2.24. The zero-order valence-electron chi connectivity index (χ0n) is 14.0. The largest absolute Gasteiger partial charge is 0.507 e. The van der Waals surface area contributed by atoms with Crippen LogP contribution in [0.1, 0.15) is 38.4 Å². The van der Waals surface area contributed by atoms with Crippen LogP contribution in [0.3, 0.4) is 0 Å². The fourth-order valence-electron chi connectivity index (χ4n) is 3.38. The Hall–Kier alpha value is -3.41. The number of carbonyl (C=O) groups excluding carboxylic acids is 2. The standard InChI is InChI=1S/C20H17N3O3/c24-17-11-4-2-7-14(17)19(25)22-23-20(26)18-12-6-1-3-9-15(12)21-16-10-5-8-13(16)18/h1-4,6-7,9,11,24H,5,8,10H2,(H,22,25)(H,23,26). The molecule has 0 aliphatic heterocycles. The van der Waals surface area contributed by atoms with Crippen LogP contribution in [0, 0.1) is 0 Å². The Morgan fingerprint density at radius 3 is 2.50 bits per heavy atom. The van der Waals surface area contributed by atoms with Crippen molar-refractivity contribution in [1.29, 1.82) is 0 Å². The molecule has 0 saturated heterocycles. The van der Waals surface area contributed by atoms with E-state index in [1.807, 2.05) is 24.3 Å². The summed E-state index contributed by atoms with van der Waals surface area (Å²) in [6.07, 6.45) is 2.61. The van der Waals surface area contributed by atoms with Crippen molar-refractivity contribution in [3.05, 3.63) is 70.9 Å². The maximum Gasteiger partial charge on any atom is 0.273 e. The van der Waals surface area contributed by atoms with Gasteiger partial charge in [0.05, 0.1) is 16.6 Å². The maximum absolute atomic E-state index is 12.8. The summed E-state index contributed by atoms with van der Waals surface area (Å²) in [5.74, 6) is -1.11. The van der Waals surface area contributed by atoms with E-state index >= 15 is 0 Å². The number of hydrazine groups is 1. The van der Waals surface area contributed by atoms with E-state index in [1.54, 1.807) is 12.1 Å². The monoisotopic (exact) mass is 347 g/mol. The molecule has 1 aliphatic rings. The number of para-hydroxylation sites is 2. The number of rotatable bonds is 2. The van der Waals surface area contributed by atoms with Gasteiger partial charge in [0.25, 0.3) is 11.8 Å². The lowest BCUT2D eigenvalue weighted by Crippen LogP contribution is -2.42. The Balaban J connectivity index is 1.63. The second kappa shape index (κ2) is 6.48. The van der Waals surface area contributed by atoms with Gasteiger partial charge in [-0.15, -0.1) is 0 Å². The van der Waals surface area contributed by atoms with Crippen molar-refractivity contribution < 1.29 is 14.7 Å². The molecule has 1 aromatic heterocycles. The average Bonchev–Trinajstić information content (AvgIpc) is 3.12. The van der Waals surface area contributed by atoms with Crippen molar-refractivity contribution in [2.45, 2.75) is 19.3 Å². The predicted octanol–water partition coefficient (Wildman–Crippen LogP) is 2.50. The van der Waals surface area contributed by atoms with E-state index in [1.165, 1.54) is 12.1 Å². The third kappa shape index (κ3) is 2.75. The molecule has 130 valence electrons. The fourth-order valence-corrected chi connectivity index (χ4v) is 3.38. The van der Waals surface area contributed by atoms with Crippen molar-refractivity contribution >= 4 is 22.7 Å². The number of fused-ring (bicyclic) bond motifs is 2. The molecular formula is C20H17N3O3. The van der Waals surface area contributed by atoms with E-state index in [0.29, 0.717) is 5.56 Å². The van der Waals surface area contributed by atoms with Gasteiger partial charge in [-0.2, -0.15) is 0 Å². The van der Waals surface area contributed by atoms with E-state index in [-0.39, 0.29) is 17.2 Å². The lowest BCUT2D eigenvalue weighted by Gasteiger charge is -2.13. The Labute approximate surface area is 149 Å². The number of nitrogens with one attached hydrogen (secondary N) is 2. The molecule has 6 nitrogen and oxygen atoms in total. The van der Waals surface area contributed by atoms with Gasteiger partial charge in [0.15, 0.2) is 0 Å². The minimum atomic E-state index is -0.577. The average molecular weight is 347 g/mol.